The maximum Gasteiger partial charge on any atom is 0.271 e. The number of halogens is 2. The van der Waals surface area contributed by atoms with Crippen LogP contribution in [0.1, 0.15) is 21.5 Å². The minimum absolute atomic E-state index is 0.265. The van der Waals surface area contributed by atoms with Crippen LogP contribution in [-0.4, -0.2) is 18.3 Å². The van der Waals surface area contributed by atoms with Gasteiger partial charge in [-0.1, -0.05) is 42.5 Å². The molecule has 0 heterocycles. The lowest BCUT2D eigenvalue weighted by molar-refractivity contribution is 0.0955. The van der Waals surface area contributed by atoms with E-state index in [1.807, 2.05) is 0 Å². The van der Waals surface area contributed by atoms with Gasteiger partial charge in [-0.25, -0.2) is 14.2 Å². The maximum atomic E-state index is 13.5. The lowest BCUT2D eigenvalue weighted by Crippen LogP contribution is -2.17. The van der Waals surface area contributed by atoms with Crippen LogP contribution in [0.2, 0.25) is 0 Å². The van der Waals surface area contributed by atoms with Gasteiger partial charge in [-0.15, -0.1) is 0 Å². The smallest absolute Gasteiger partial charge is 0.271 e. The summed E-state index contributed by atoms with van der Waals surface area (Å²) in [5.74, 6) is -1.28. The molecule has 0 aliphatic heterocycles. The third-order valence-corrected chi connectivity index (χ3v) is 3.70. The van der Waals surface area contributed by atoms with E-state index in [1.165, 1.54) is 24.6 Å². The molecule has 7 heteroatoms. The molecular weight excluding hydrogens is 362 g/mol. The molecule has 0 unspecified atom stereocenters. The number of carbonyl (C=O) groups excluding carboxylic acids is 1. The third kappa shape index (κ3) is 5.07. The zero-order valence-corrected chi connectivity index (χ0v) is 14.6. The Morgan fingerprint density at radius 1 is 0.786 bits per heavy atom. The summed E-state index contributed by atoms with van der Waals surface area (Å²) in [6, 6.07) is 18.9. The van der Waals surface area contributed by atoms with Crippen LogP contribution >= 0.6 is 0 Å². The molecule has 1 amide bonds. The van der Waals surface area contributed by atoms with Crippen LogP contribution < -0.4 is 10.9 Å². The van der Waals surface area contributed by atoms with Crippen molar-refractivity contribution in [3.8, 4) is 0 Å². The highest BCUT2D eigenvalue weighted by molar-refractivity contribution is 5.95. The predicted octanol–water partition coefficient (Wildman–Crippen LogP) is 4.17. The molecular formula is C21H16F2N4O. The SMILES string of the molecule is O=C(N/N=C/c1ccccc1F)c1cccc(N/N=C/c2ccccc2F)c1. The van der Waals surface area contributed by atoms with E-state index in [4.69, 9.17) is 0 Å². The van der Waals surface area contributed by atoms with Crippen molar-refractivity contribution in [2.75, 3.05) is 5.43 Å². The summed E-state index contributed by atoms with van der Waals surface area (Å²) in [7, 11) is 0. The fourth-order valence-corrected chi connectivity index (χ4v) is 2.29. The normalized spacial score (nSPS) is 11.1. The number of hydrogen-bond acceptors (Lipinski definition) is 4. The Bertz CT molecular complexity index is 1030. The van der Waals surface area contributed by atoms with Gasteiger partial charge >= 0.3 is 0 Å². The van der Waals surface area contributed by atoms with Crippen LogP contribution in [0.25, 0.3) is 0 Å². The van der Waals surface area contributed by atoms with Gasteiger partial charge in [-0.2, -0.15) is 10.2 Å². The van der Waals surface area contributed by atoms with Crippen LogP contribution in [0, 0.1) is 11.6 Å². The van der Waals surface area contributed by atoms with Crippen LogP contribution in [0.4, 0.5) is 14.5 Å². The number of benzene rings is 3. The van der Waals surface area contributed by atoms with E-state index in [-0.39, 0.29) is 11.4 Å². The number of nitrogens with one attached hydrogen (secondary N) is 2. The molecule has 0 bridgehead atoms. The second-order valence-electron chi connectivity index (χ2n) is 5.69. The van der Waals surface area contributed by atoms with E-state index in [0.717, 1.165) is 0 Å². The first-order valence-electron chi connectivity index (χ1n) is 8.35. The molecule has 0 aliphatic rings. The quantitative estimate of drug-likeness (QED) is 0.499. The predicted molar refractivity (Wildman–Crippen MR) is 106 cm³/mol. The van der Waals surface area contributed by atoms with Gasteiger partial charge < -0.3 is 0 Å². The largest absolute Gasteiger partial charge is 0.278 e. The number of nitrogens with zero attached hydrogens (tertiary/aromatic N) is 2. The highest BCUT2D eigenvalue weighted by Gasteiger charge is 2.05. The molecule has 5 nitrogen and oxygen atoms in total. The van der Waals surface area contributed by atoms with Crippen molar-refractivity contribution in [2.45, 2.75) is 0 Å². The van der Waals surface area contributed by atoms with E-state index in [9.17, 15) is 13.6 Å². The topological polar surface area (TPSA) is 65.8 Å². The Labute approximate surface area is 160 Å². The standard InChI is InChI=1S/C21H16F2N4O/c22-19-10-3-1-6-16(19)13-24-26-18-9-5-8-15(12-18)21(28)27-25-14-17-7-2-4-11-20(17)23/h1-14,26H,(H,27,28)/b24-13+,25-14+. The van der Waals surface area contributed by atoms with Crippen LogP contribution in [-0.2, 0) is 0 Å². The van der Waals surface area contributed by atoms with Gasteiger partial charge in [0.25, 0.3) is 5.91 Å². The monoisotopic (exact) mass is 378 g/mol. The molecule has 3 aromatic carbocycles. The van der Waals surface area contributed by atoms with Gasteiger partial charge in [0, 0.05) is 16.7 Å². The van der Waals surface area contributed by atoms with E-state index < -0.39 is 11.7 Å². The summed E-state index contributed by atoms with van der Waals surface area (Å²) in [5, 5.41) is 7.73. The fourth-order valence-electron chi connectivity index (χ4n) is 2.29. The fraction of sp³-hybridized carbons (Fsp3) is 0. The van der Waals surface area contributed by atoms with Crippen LogP contribution in [0.5, 0.6) is 0 Å². The summed E-state index contributed by atoms with van der Waals surface area (Å²) in [6.45, 7) is 0. The van der Waals surface area contributed by atoms with Gasteiger partial charge in [0.05, 0.1) is 18.1 Å². The van der Waals surface area contributed by atoms with E-state index in [1.54, 1.807) is 60.7 Å². The second-order valence-corrected chi connectivity index (χ2v) is 5.69. The van der Waals surface area contributed by atoms with E-state index in [2.05, 4.69) is 21.1 Å². The number of amides is 1. The molecule has 0 fully saturated rings. The number of hydrogen-bond donors (Lipinski definition) is 2. The zero-order chi connectivity index (χ0) is 19.8. The molecule has 0 aliphatic carbocycles. The minimum Gasteiger partial charge on any atom is -0.278 e. The molecule has 3 rings (SSSR count). The average molecular weight is 378 g/mol. The van der Waals surface area contributed by atoms with Gasteiger partial charge in [0.2, 0.25) is 0 Å². The summed E-state index contributed by atoms with van der Waals surface area (Å²) in [4.78, 5) is 12.2. The Morgan fingerprint density at radius 3 is 2.04 bits per heavy atom. The van der Waals surface area contributed by atoms with E-state index >= 15 is 0 Å². The minimum atomic E-state index is -0.464. The Morgan fingerprint density at radius 2 is 1.39 bits per heavy atom. The van der Waals surface area contributed by atoms with Crippen molar-refractivity contribution in [3.05, 3.63) is 101 Å². The van der Waals surface area contributed by atoms with Gasteiger partial charge in [-0.3, -0.25) is 10.2 Å². The molecule has 0 saturated heterocycles. The highest BCUT2D eigenvalue weighted by atomic mass is 19.1. The molecule has 2 N–H and O–H groups in total. The molecule has 3 aromatic rings. The molecule has 28 heavy (non-hydrogen) atoms. The Kier molecular flexibility index (Phi) is 6.20. The molecule has 0 atom stereocenters. The summed E-state index contributed by atoms with van der Waals surface area (Å²) < 4.78 is 27.0. The Balaban J connectivity index is 1.61. The lowest BCUT2D eigenvalue weighted by Gasteiger charge is -2.04. The highest BCUT2D eigenvalue weighted by Crippen LogP contribution is 2.11. The van der Waals surface area contributed by atoms with Crippen molar-refractivity contribution in [2.24, 2.45) is 10.2 Å². The molecule has 0 saturated carbocycles. The first-order chi connectivity index (χ1) is 13.6. The average Bonchev–Trinajstić information content (AvgIpc) is 2.71. The van der Waals surface area contributed by atoms with Crippen molar-refractivity contribution >= 4 is 24.0 Å². The second kappa shape index (κ2) is 9.18. The summed E-state index contributed by atoms with van der Waals surface area (Å²) >= 11 is 0. The molecule has 0 spiro atoms. The Hall–Kier alpha value is -3.87. The summed E-state index contributed by atoms with van der Waals surface area (Å²) in [5.41, 5.74) is 6.55. The van der Waals surface area contributed by atoms with Crippen molar-refractivity contribution in [1.29, 1.82) is 0 Å². The first-order valence-corrected chi connectivity index (χ1v) is 8.35. The molecule has 140 valence electrons. The van der Waals surface area contributed by atoms with Crippen molar-refractivity contribution in [1.82, 2.24) is 5.43 Å². The number of hydrazone groups is 2. The van der Waals surface area contributed by atoms with Crippen molar-refractivity contribution < 1.29 is 13.6 Å². The number of anilines is 1. The van der Waals surface area contributed by atoms with Gasteiger partial charge in [-0.05, 0) is 30.3 Å². The van der Waals surface area contributed by atoms with Crippen LogP contribution in [0.3, 0.4) is 0 Å². The number of carbonyl (C=O) groups is 1. The zero-order valence-electron chi connectivity index (χ0n) is 14.6. The van der Waals surface area contributed by atoms with E-state index in [0.29, 0.717) is 16.8 Å². The summed E-state index contributed by atoms with van der Waals surface area (Å²) in [6.07, 6.45) is 2.58. The third-order valence-electron chi connectivity index (χ3n) is 3.70. The lowest BCUT2D eigenvalue weighted by atomic mass is 10.2. The maximum absolute atomic E-state index is 13.5. The molecule has 0 aromatic heterocycles. The van der Waals surface area contributed by atoms with Gasteiger partial charge in [0.1, 0.15) is 11.6 Å². The molecule has 0 radical (unpaired) electrons. The van der Waals surface area contributed by atoms with Gasteiger partial charge in [0.15, 0.2) is 0 Å². The van der Waals surface area contributed by atoms with Crippen molar-refractivity contribution in [3.63, 3.8) is 0 Å². The number of rotatable bonds is 6. The first kappa shape index (κ1) is 18.9. The van der Waals surface area contributed by atoms with Crippen LogP contribution in [0.15, 0.2) is 83.0 Å².